The number of aromatic nitrogens is 2. The van der Waals surface area contributed by atoms with Crippen molar-refractivity contribution in [3.63, 3.8) is 0 Å². The van der Waals surface area contributed by atoms with Crippen molar-refractivity contribution in [3.05, 3.63) is 42.0 Å². The second-order valence-corrected chi connectivity index (χ2v) is 5.34. The lowest BCUT2D eigenvalue weighted by atomic mass is 9.92. The van der Waals surface area contributed by atoms with Gasteiger partial charge in [0, 0.05) is 0 Å². The Labute approximate surface area is 120 Å². The van der Waals surface area contributed by atoms with Crippen molar-refractivity contribution in [3.8, 4) is 5.69 Å². The van der Waals surface area contributed by atoms with Crippen LogP contribution in [0.4, 0.5) is 10.5 Å². The van der Waals surface area contributed by atoms with Crippen LogP contribution < -0.4 is 10.6 Å². The highest BCUT2D eigenvalue weighted by atomic mass is 16.4. The zero-order valence-corrected chi connectivity index (χ0v) is 11.6. The molecule has 2 aromatic rings. The van der Waals surface area contributed by atoms with Crippen molar-refractivity contribution in [1.29, 1.82) is 0 Å². The molecule has 7 nitrogen and oxygen atoms in total. The van der Waals surface area contributed by atoms with Crippen molar-refractivity contribution < 1.29 is 14.7 Å². The summed E-state index contributed by atoms with van der Waals surface area (Å²) in [5.74, 6) is -1.14. The molecule has 1 aromatic heterocycles. The molecule has 0 aliphatic carbocycles. The topological polar surface area (TPSA) is 101 Å². The van der Waals surface area contributed by atoms with Crippen LogP contribution in [0.3, 0.4) is 0 Å². The fourth-order valence-electron chi connectivity index (χ4n) is 2.93. The standard InChI is InChI=1S/C14H14N4O3/c1-14(2)11-10(12(19)20)16-7-17(11)8-5-3-4-6-9(8)18(14)13(15)21/h3-7H,1-2H3,(H2,15,21)(H,19,20). The molecule has 7 heteroatoms. The molecule has 0 atom stereocenters. The number of fused-ring (bicyclic) bond motifs is 3. The first-order valence-corrected chi connectivity index (χ1v) is 6.36. The Morgan fingerprint density at radius 1 is 1.24 bits per heavy atom. The molecule has 1 aromatic carbocycles. The summed E-state index contributed by atoms with van der Waals surface area (Å²) < 4.78 is 1.69. The number of amides is 2. The van der Waals surface area contributed by atoms with Gasteiger partial charge in [-0.05, 0) is 26.0 Å². The number of primary amides is 1. The number of nitrogens with zero attached hydrogens (tertiary/aromatic N) is 3. The lowest BCUT2D eigenvalue weighted by Crippen LogP contribution is -2.52. The van der Waals surface area contributed by atoms with E-state index in [-0.39, 0.29) is 5.69 Å². The third kappa shape index (κ3) is 1.63. The minimum Gasteiger partial charge on any atom is -0.476 e. The predicted octanol–water partition coefficient (Wildman–Crippen LogP) is 1.70. The molecule has 0 unspecified atom stereocenters. The summed E-state index contributed by atoms with van der Waals surface area (Å²) in [6, 6.07) is 6.52. The Kier molecular flexibility index (Phi) is 2.56. The number of hydrogen-bond donors (Lipinski definition) is 2. The Morgan fingerprint density at radius 2 is 1.86 bits per heavy atom. The number of aromatic carboxylic acids is 1. The second-order valence-electron chi connectivity index (χ2n) is 5.34. The van der Waals surface area contributed by atoms with Crippen LogP contribution in [0.5, 0.6) is 0 Å². The fourth-order valence-corrected chi connectivity index (χ4v) is 2.93. The molecule has 0 radical (unpaired) electrons. The van der Waals surface area contributed by atoms with Gasteiger partial charge < -0.3 is 10.8 Å². The molecule has 1 aliphatic rings. The average molecular weight is 286 g/mol. The Hall–Kier alpha value is -2.83. The molecule has 2 heterocycles. The van der Waals surface area contributed by atoms with Gasteiger partial charge in [0.25, 0.3) is 0 Å². The van der Waals surface area contributed by atoms with Crippen LogP contribution in [0.15, 0.2) is 30.6 Å². The summed E-state index contributed by atoms with van der Waals surface area (Å²) in [4.78, 5) is 28.7. The molecule has 0 bridgehead atoms. The smallest absolute Gasteiger partial charge is 0.356 e. The molecule has 0 saturated heterocycles. The normalized spacial score (nSPS) is 15.2. The van der Waals surface area contributed by atoms with E-state index >= 15 is 0 Å². The summed E-state index contributed by atoms with van der Waals surface area (Å²) in [5.41, 5.74) is 6.23. The molecular weight excluding hydrogens is 272 g/mol. The zero-order chi connectivity index (χ0) is 15.4. The van der Waals surface area contributed by atoms with Crippen LogP contribution in [0.1, 0.15) is 30.0 Å². The summed E-state index contributed by atoms with van der Waals surface area (Å²) >= 11 is 0. The van der Waals surface area contributed by atoms with E-state index in [1.165, 1.54) is 11.2 Å². The Morgan fingerprint density at radius 3 is 2.43 bits per heavy atom. The molecular formula is C14H14N4O3. The number of nitrogens with two attached hydrogens (primary N) is 1. The highest BCUT2D eigenvalue weighted by molar-refractivity contribution is 5.97. The number of hydrogen-bond acceptors (Lipinski definition) is 3. The number of benzene rings is 1. The first-order chi connectivity index (χ1) is 9.85. The van der Waals surface area contributed by atoms with Crippen molar-refractivity contribution in [1.82, 2.24) is 9.55 Å². The van der Waals surface area contributed by atoms with Crippen LogP contribution in [0, 0.1) is 0 Å². The van der Waals surface area contributed by atoms with Gasteiger partial charge in [-0.15, -0.1) is 0 Å². The van der Waals surface area contributed by atoms with Gasteiger partial charge in [0.1, 0.15) is 6.33 Å². The summed E-state index contributed by atoms with van der Waals surface area (Å²) in [7, 11) is 0. The van der Waals surface area contributed by atoms with E-state index in [2.05, 4.69) is 4.98 Å². The molecule has 1 aliphatic heterocycles. The maximum absolute atomic E-state index is 11.9. The number of anilines is 1. The number of carbonyl (C=O) groups is 2. The third-order valence-corrected chi connectivity index (χ3v) is 3.71. The van der Waals surface area contributed by atoms with Gasteiger partial charge in [-0.3, -0.25) is 9.47 Å². The molecule has 0 saturated carbocycles. The van der Waals surface area contributed by atoms with Gasteiger partial charge in [0.05, 0.1) is 22.6 Å². The van der Waals surface area contributed by atoms with E-state index in [4.69, 9.17) is 5.73 Å². The van der Waals surface area contributed by atoms with E-state index in [1.54, 1.807) is 42.7 Å². The summed E-state index contributed by atoms with van der Waals surface area (Å²) in [6.45, 7) is 3.49. The monoisotopic (exact) mass is 286 g/mol. The van der Waals surface area contributed by atoms with Crippen LogP contribution in [-0.2, 0) is 5.54 Å². The number of rotatable bonds is 1. The lowest BCUT2D eigenvalue weighted by molar-refractivity contribution is 0.0687. The van der Waals surface area contributed by atoms with Crippen molar-refractivity contribution in [2.75, 3.05) is 4.90 Å². The van der Waals surface area contributed by atoms with Gasteiger partial charge in [0.2, 0.25) is 0 Å². The fraction of sp³-hybridized carbons (Fsp3) is 0.214. The molecule has 0 fully saturated rings. The van der Waals surface area contributed by atoms with Crippen molar-refractivity contribution in [2.45, 2.75) is 19.4 Å². The molecule has 0 spiro atoms. The minimum atomic E-state index is -1.14. The minimum absolute atomic E-state index is 0.0826. The number of carbonyl (C=O) groups excluding carboxylic acids is 1. The number of carboxylic acids is 1. The molecule has 2 amide bonds. The van der Waals surface area contributed by atoms with E-state index in [0.29, 0.717) is 17.1 Å². The van der Waals surface area contributed by atoms with Gasteiger partial charge in [-0.1, -0.05) is 12.1 Å². The van der Waals surface area contributed by atoms with Gasteiger partial charge >= 0.3 is 12.0 Å². The zero-order valence-electron chi connectivity index (χ0n) is 11.6. The number of urea groups is 1. The molecule has 21 heavy (non-hydrogen) atoms. The number of para-hydroxylation sites is 2. The molecule has 108 valence electrons. The highest BCUT2D eigenvalue weighted by Gasteiger charge is 2.44. The lowest BCUT2D eigenvalue weighted by Gasteiger charge is -2.42. The molecule has 3 N–H and O–H groups in total. The maximum atomic E-state index is 11.9. The van der Waals surface area contributed by atoms with Crippen LogP contribution in [-0.4, -0.2) is 26.7 Å². The van der Waals surface area contributed by atoms with Crippen LogP contribution >= 0.6 is 0 Å². The van der Waals surface area contributed by atoms with Crippen molar-refractivity contribution in [2.24, 2.45) is 5.73 Å². The average Bonchev–Trinajstić information content (AvgIpc) is 2.84. The van der Waals surface area contributed by atoms with Crippen LogP contribution in [0.25, 0.3) is 5.69 Å². The molecule has 3 rings (SSSR count). The maximum Gasteiger partial charge on any atom is 0.356 e. The van der Waals surface area contributed by atoms with Crippen LogP contribution in [0.2, 0.25) is 0 Å². The summed E-state index contributed by atoms with van der Waals surface area (Å²) in [5, 5.41) is 9.32. The largest absolute Gasteiger partial charge is 0.476 e. The van der Waals surface area contributed by atoms with E-state index in [0.717, 1.165) is 0 Å². The number of carboxylic acid groups (broad SMARTS) is 1. The quantitative estimate of drug-likeness (QED) is 0.833. The third-order valence-electron chi connectivity index (χ3n) is 3.71. The van der Waals surface area contributed by atoms with Gasteiger partial charge in [0.15, 0.2) is 5.69 Å². The van der Waals surface area contributed by atoms with E-state index in [9.17, 15) is 14.7 Å². The SMILES string of the molecule is CC1(C)c2c(C(=O)O)ncn2-c2ccccc2N1C(N)=O. The number of imidazole rings is 1. The van der Waals surface area contributed by atoms with E-state index in [1.807, 2.05) is 0 Å². The van der Waals surface area contributed by atoms with E-state index < -0.39 is 17.5 Å². The second kappa shape index (κ2) is 4.08. The van der Waals surface area contributed by atoms with Crippen molar-refractivity contribution >= 4 is 17.7 Å². The van der Waals surface area contributed by atoms with Gasteiger partial charge in [-0.25, -0.2) is 14.6 Å². The summed E-state index contributed by atoms with van der Waals surface area (Å²) in [6.07, 6.45) is 1.46. The first kappa shape index (κ1) is 13.2. The highest BCUT2D eigenvalue weighted by Crippen LogP contribution is 2.42. The predicted molar refractivity (Wildman–Crippen MR) is 75.6 cm³/mol. The first-order valence-electron chi connectivity index (χ1n) is 6.36. The Balaban J connectivity index is 2.40. The van der Waals surface area contributed by atoms with Gasteiger partial charge in [-0.2, -0.15) is 0 Å². The Bertz CT molecular complexity index is 763.